The van der Waals surface area contributed by atoms with Crippen LogP contribution in [0.5, 0.6) is 0 Å². The van der Waals surface area contributed by atoms with Gasteiger partial charge in [-0.15, -0.1) is 0 Å². The van der Waals surface area contributed by atoms with E-state index in [-0.39, 0.29) is 5.41 Å². The molecule has 0 saturated heterocycles. The molecule has 11 rings (SSSR count). The van der Waals surface area contributed by atoms with Crippen LogP contribution in [0, 0.1) is 0 Å². The van der Waals surface area contributed by atoms with Crippen LogP contribution >= 0.6 is 0 Å². The molecule has 57 heavy (non-hydrogen) atoms. The van der Waals surface area contributed by atoms with Crippen molar-refractivity contribution in [3.8, 4) is 44.5 Å². The van der Waals surface area contributed by atoms with E-state index in [0.29, 0.717) is 0 Å². The first-order valence-corrected chi connectivity index (χ1v) is 19.8. The lowest BCUT2D eigenvalue weighted by Gasteiger charge is -2.31. The maximum atomic E-state index is 6.29. The quantitative estimate of drug-likeness (QED) is 0.169. The van der Waals surface area contributed by atoms with E-state index in [2.05, 4.69) is 207 Å². The molecule has 9 aromatic carbocycles. The Labute approximate surface area is 332 Å². The first-order valence-electron chi connectivity index (χ1n) is 19.8. The van der Waals surface area contributed by atoms with E-state index in [1.165, 1.54) is 55.3 Å². The summed E-state index contributed by atoms with van der Waals surface area (Å²) in [5, 5.41) is 4.75. The fourth-order valence-electron chi connectivity index (χ4n) is 9.45. The third-order valence-corrected chi connectivity index (χ3v) is 12.1. The largest absolute Gasteiger partial charge is 0.456 e. The van der Waals surface area contributed by atoms with Gasteiger partial charge in [0.25, 0.3) is 0 Å². The average Bonchev–Trinajstić information content (AvgIpc) is 3.76. The second kappa shape index (κ2) is 13.0. The normalized spacial score (nSPS) is 12.9. The molecule has 0 amide bonds. The molecule has 0 saturated carbocycles. The monoisotopic (exact) mass is 729 g/mol. The van der Waals surface area contributed by atoms with E-state index >= 15 is 0 Å². The summed E-state index contributed by atoms with van der Waals surface area (Å²) >= 11 is 0. The lowest BCUT2D eigenvalue weighted by Crippen LogP contribution is -2.16. The minimum Gasteiger partial charge on any atom is -0.456 e. The fourth-order valence-corrected chi connectivity index (χ4v) is 9.45. The zero-order valence-corrected chi connectivity index (χ0v) is 31.9. The SMILES string of the molecule is CC1(C)c2ccccc2-c2c(N(c3ccc(-c4cccc5oc6ccccc6c45)cc3)c3ccccc3-c3cccc4cccc(-c5ccccc5)c34)cccc21. The van der Waals surface area contributed by atoms with Crippen molar-refractivity contribution in [2.75, 3.05) is 4.90 Å². The predicted octanol–water partition coefficient (Wildman–Crippen LogP) is 15.5. The Balaban J connectivity index is 1.16. The van der Waals surface area contributed by atoms with Crippen LogP contribution < -0.4 is 4.90 Å². The molecule has 0 radical (unpaired) electrons. The summed E-state index contributed by atoms with van der Waals surface area (Å²) in [6, 6.07) is 72.7. The number of fused-ring (bicyclic) bond motifs is 7. The van der Waals surface area contributed by atoms with Crippen molar-refractivity contribution >= 4 is 49.8 Å². The number of furan rings is 1. The van der Waals surface area contributed by atoms with Crippen LogP contribution in [0.15, 0.2) is 205 Å². The fraction of sp³-hybridized carbons (Fsp3) is 0.0545. The molecule has 0 atom stereocenters. The van der Waals surface area contributed by atoms with Crippen molar-refractivity contribution in [1.82, 2.24) is 0 Å². The number of anilines is 3. The Morgan fingerprint density at radius 3 is 1.77 bits per heavy atom. The van der Waals surface area contributed by atoms with Gasteiger partial charge in [0, 0.05) is 33.0 Å². The molecule has 1 aliphatic rings. The summed E-state index contributed by atoms with van der Waals surface area (Å²) in [7, 11) is 0. The van der Waals surface area contributed by atoms with E-state index in [1.807, 2.05) is 12.1 Å². The van der Waals surface area contributed by atoms with E-state index in [9.17, 15) is 0 Å². The van der Waals surface area contributed by atoms with Crippen molar-refractivity contribution < 1.29 is 4.42 Å². The predicted molar refractivity (Wildman–Crippen MR) is 240 cm³/mol. The van der Waals surface area contributed by atoms with Crippen molar-refractivity contribution in [1.29, 1.82) is 0 Å². The molecule has 270 valence electrons. The molecule has 0 N–H and O–H groups in total. The van der Waals surface area contributed by atoms with Gasteiger partial charge in [-0.3, -0.25) is 0 Å². The topological polar surface area (TPSA) is 16.4 Å². The van der Waals surface area contributed by atoms with Crippen LogP contribution in [0.1, 0.15) is 25.0 Å². The van der Waals surface area contributed by atoms with Crippen molar-refractivity contribution in [3.05, 3.63) is 211 Å². The molecule has 0 aliphatic heterocycles. The second-order valence-corrected chi connectivity index (χ2v) is 15.6. The molecule has 1 aromatic heterocycles. The van der Waals surface area contributed by atoms with Crippen LogP contribution in [-0.2, 0) is 5.41 Å². The minimum atomic E-state index is -0.136. The Morgan fingerprint density at radius 2 is 0.947 bits per heavy atom. The van der Waals surface area contributed by atoms with Gasteiger partial charge in [-0.25, -0.2) is 0 Å². The summed E-state index contributed by atoms with van der Waals surface area (Å²) in [4.78, 5) is 2.49. The molecule has 10 aromatic rings. The summed E-state index contributed by atoms with van der Waals surface area (Å²) in [5.41, 5.74) is 17.5. The van der Waals surface area contributed by atoms with Crippen LogP contribution in [0.3, 0.4) is 0 Å². The Kier molecular flexibility index (Phi) is 7.55. The Bertz CT molecular complexity index is 3150. The molecular formula is C55H39NO. The molecule has 2 heteroatoms. The zero-order chi connectivity index (χ0) is 38.1. The second-order valence-electron chi connectivity index (χ2n) is 15.6. The number of hydrogen-bond acceptors (Lipinski definition) is 2. The molecule has 2 nitrogen and oxygen atoms in total. The summed E-state index contributed by atoms with van der Waals surface area (Å²) in [5.74, 6) is 0. The molecule has 1 heterocycles. The molecule has 0 spiro atoms. The zero-order valence-electron chi connectivity index (χ0n) is 31.9. The van der Waals surface area contributed by atoms with Crippen molar-refractivity contribution in [2.45, 2.75) is 19.3 Å². The molecule has 0 unspecified atom stereocenters. The lowest BCUT2D eigenvalue weighted by molar-refractivity contribution is 0.660. The number of benzene rings is 9. The third-order valence-electron chi connectivity index (χ3n) is 12.1. The van der Waals surface area contributed by atoms with Crippen LogP contribution in [-0.4, -0.2) is 0 Å². The minimum absolute atomic E-state index is 0.136. The van der Waals surface area contributed by atoms with Crippen LogP contribution in [0.25, 0.3) is 77.2 Å². The van der Waals surface area contributed by atoms with Gasteiger partial charge in [-0.2, -0.15) is 0 Å². The van der Waals surface area contributed by atoms with Gasteiger partial charge in [-0.1, -0.05) is 178 Å². The standard InChI is InChI=1S/C55H39NO/c1-55(2)46-26-9-6-21-44(46)54-47(55)27-15-29-49(54)56(39-34-32-37(33-35-39)41-24-14-31-51-53(41)45-22-8-11-30-50(45)57-51)48-28-10-7-20-42(48)43-25-13-19-38-18-12-23-40(52(38)43)36-16-4-3-5-17-36/h3-35H,1-2H3. The van der Waals surface area contributed by atoms with Gasteiger partial charge < -0.3 is 9.32 Å². The van der Waals surface area contributed by atoms with Gasteiger partial charge in [0.1, 0.15) is 11.2 Å². The van der Waals surface area contributed by atoms with Gasteiger partial charge in [0.15, 0.2) is 0 Å². The smallest absolute Gasteiger partial charge is 0.136 e. The van der Waals surface area contributed by atoms with Crippen molar-refractivity contribution in [2.24, 2.45) is 0 Å². The van der Waals surface area contributed by atoms with Gasteiger partial charge in [-0.05, 0) is 91.7 Å². The average molecular weight is 730 g/mol. The van der Waals surface area contributed by atoms with Gasteiger partial charge >= 0.3 is 0 Å². The van der Waals surface area contributed by atoms with E-state index in [0.717, 1.165) is 50.1 Å². The highest BCUT2D eigenvalue weighted by Crippen LogP contribution is 2.55. The third kappa shape index (κ3) is 5.18. The highest BCUT2D eigenvalue weighted by molar-refractivity contribution is 6.13. The molecular weight excluding hydrogens is 691 g/mol. The van der Waals surface area contributed by atoms with E-state index < -0.39 is 0 Å². The number of hydrogen-bond donors (Lipinski definition) is 0. The number of rotatable bonds is 6. The highest BCUT2D eigenvalue weighted by Gasteiger charge is 2.38. The first-order chi connectivity index (χ1) is 28.1. The van der Waals surface area contributed by atoms with Gasteiger partial charge in [0.2, 0.25) is 0 Å². The molecule has 0 bridgehead atoms. The van der Waals surface area contributed by atoms with Crippen LogP contribution in [0.2, 0.25) is 0 Å². The molecule has 0 fully saturated rings. The van der Waals surface area contributed by atoms with Gasteiger partial charge in [0.05, 0.1) is 11.4 Å². The molecule has 1 aliphatic carbocycles. The maximum absolute atomic E-state index is 6.29. The van der Waals surface area contributed by atoms with E-state index in [1.54, 1.807) is 0 Å². The first kappa shape index (κ1) is 33.2. The number of para-hydroxylation sites is 2. The summed E-state index contributed by atoms with van der Waals surface area (Å²) in [6.07, 6.45) is 0. The summed E-state index contributed by atoms with van der Waals surface area (Å²) in [6.45, 7) is 4.71. The summed E-state index contributed by atoms with van der Waals surface area (Å²) < 4.78 is 6.29. The highest BCUT2D eigenvalue weighted by atomic mass is 16.3. The maximum Gasteiger partial charge on any atom is 0.136 e. The Morgan fingerprint density at radius 1 is 0.386 bits per heavy atom. The Hall–Kier alpha value is -7.16. The lowest BCUT2D eigenvalue weighted by atomic mass is 9.82. The van der Waals surface area contributed by atoms with E-state index in [4.69, 9.17) is 4.42 Å². The van der Waals surface area contributed by atoms with Crippen LogP contribution in [0.4, 0.5) is 17.1 Å². The number of nitrogens with zero attached hydrogens (tertiary/aromatic N) is 1. The van der Waals surface area contributed by atoms with Crippen molar-refractivity contribution in [3.63, 3.8) is 0 Å².